The molecule has 2 amide bonds. The van der Waals surface area contributed by atoms with Gasteiger partial charge in [-0.2, -0.15) is 0 Å². The van der Waals surface area contributed by atoms with Gasteiger partial charge in [0.2, 0.25) is 11.8 Å². The molecule has 0 radical (unpaired) electrons. The SMILES string of the molecule is CC(C)c1ccc(CCNC(=O)CN2CCN(CC(=O)N3CCCCCC3)CC2)cc1. The van der Waals surface area contributed by atoms with E-state index in [2.05, 4.69) is 53.2 Å². The van der Waals surface area contributed by atoms with Crippen LogP contribution in [0.5, 0.6) is 0 Å². The quantitative estimate of drug-likeness (QED) is 0.691. The Morgan fingerprint density at radius 3 is 2.00 bits per heavy atom. The van der Waals surface area contributed by atoms with E-state index in [0.29, 0.717) is 25.6 Å². The Morgan fingerprint density at radius 1 is 0.839 bits per heavy atom. The highest BCUT2D eigenvalue weighted by atomic mass is 16.2. The third kappa shape index (κ3) is 7.93. The van der Waals surface area contributed by atoms with Crippen LogP contribution in [-0.2, 0) is 16.0 Å². The van der Waals surface area contributed by atoms with Crippen molar-refractivity contribution >= 4 is 11.8 Å². The summed E-state index contributed by atoms with van der Waals surface area (Å²) in [5.74, 6) is 0.907. The lowest BCUT2D eigenvalue weighted by molar-refractivity contribution is -0.133. The molecule has 0 saturated carbocycles. The number of carbonyl (C=O) groups is 2. The van der Waals surface area contributed by atoms with Crippen molar-refractivity contribution in [3.63, 3.8) is 0 Å². The molecular weight excluding hydrogens is 388 g/mol. The van der Waals surface area contributed by atoms with Crippen LogP contribution in [-0.4, -0.2) is 85.4 Å². The molecule has 0 aliphatic carbocycles. The number of carbonyl (C=O) groups excluding carboxylic acids is 2. The van der Waals surface area contributed by atoms with Crippen LogP contribution < -0.4 is 5.32 Å². The predicted octanol–water partition coefficient (Wildman–Crippen LogP) is 2.49. The highest BCUT2D eigenvalue weighted by molar-refractivity contribution is 5.78. The van der Waals surface area contributed by atoms with Crippen molar-refractivity contribution in [3.8, 4) is 0 Å². The van der Waals surface area contributed by atoms with Crippen molar-refractivity contribution in [3.05, 3.63) is 35.4 Å². The molecule has 2 fully saturated rings. The number of hydrogen-bond acceptors (Lipinski definition) is 4. The van der Waals surface area contributed by atoms with E-state index in [1.807, 2.05) is 4.90 Å². The van der Waals surface area contributed by atoms with Gasteiger partial charge in [-0.05, 0) is 36.3 Å². The maximum absolute atomic E-state index is 12.6. The molecule has 3 rings (SSSR count). The molecule has 0 atom stereocenters. The topological polar surface area (TPSA) is 55.9 Å². The number of piperazine rings is 1. The minimum absolute atomic E-state index is 0.0906. The van der Waals surface area contributed by atoms with E-state index in [4.69, 9.17) is 0 Å². The zero-order valence-electron chi connectivity index (χ0n) is 19.4. The molecule has 6 nitrogen and oxygen atoms in total. The van der Waals surface area contributed by atoms with Crippen LogP contribution in [0, 0.1) is 0 Å². The molecule has 2 heterocycles. The average Bonchev–Trinajstić information content (AvgIpc) is 3.05. The molecule has 0 bridgehead atoms. The van der Waals surface area contributed by atoms with Gasteiger partial charge in [-0.3, -0.25) is 19.4 Å². The zero-order valence-corrected chi connectivity index (χ0v) is 19.4. The van der Waals surface area contributed by atoms with E-state index in [1.54, 1.807) is 0 Å². The van der Waals surface area contributed by atoms with Crippen molar-refractivity contribution in [2.24, 2.45) is 0 Å². The third-order valence-corrected chi connectivity index (χ3v) is 6.53. The molecule has 172 valence electrons. The molecule has 0 unspecified atom stereocenters. The van der Waals surface area contributed by atoms with Crippen molar-refractivity contribution in [2.45, 2.75) is 51.9 Å². The average molecular weight is 429 g/mol. The van der Waals surface area contributed by atoms with Gasteiger partial charge in [0.15, 0.2) is 0 Å². The summed E-state index contributed by atoms with van der Waals surface area (Å²) in [5, 5.41) is 3.05. The summed E-state index contributed by atoms with van der Waals surface area (Å²) in [6.07, 6.45) is 5.62. The normalized spacial score (nSPS) is 18.7. The summed E-state index contributed by atoms with van der Waals surface area (Å²) in [4.78, 5) is 31.4. The first kappa shape index (κ1) is 23.7. The lowest BCUT2D eigenvalue weighted by Crippen LogP contribution is -2.52. The van der Waals surface area contributed by atoms with Gasteiger partial charge < -0.3 is 10.2 Å². The molecule has 1 aromatic rings. The summed E-state index contributed by atoms with van der Waals surface area (Å²) in [7, 11) is 0. The van der Waals surface area contributed by atoms with Gasteiger partial charge in [-0.25, -0.2) is 0 Å². The van der Waals surface area contributed by atoms with Gasteiger partial charge in [-0.1, -0.05) is 51.0 Å². The van der Waals surface area contributed by atoms with Gasteiger partial charge >= 0.3 is 0 Å². The van der Waals surface area contributed by atoms with Crippen molar-refractivity contribution < 1.29 is 9.59 Å². The van der Waals surface area contributed by atoms with E-state index in [-0.39, 0.29) is 11.8 Å². The van der Waals surface area contributed by atoms with Gasteiger partial charge in [0.25, 0.3) is 0 Å². The lowest BCUT2D eigenvalue weighted by Gasteiger charge is -2.35. The monoisotopic (exact) mass is 428 g/mol. The smallest absolute Gasteiger partial charge is 0.236 e. The summed E-state index contributed by atoms with van der Waals surface area (Å²) < 4.78 is 0. The first-order valence-corrected chi connectivity index (χ1v) is 12.1. The Morgan fingerprint density at radius 2 is 1.42 bits per heavy atom. The molecular formula is C25H40N4O2. The molecule has 2 aliphatic heterocycles. The zero-order chi connectivity index (χ0) is 22.1. The Bertz CT molecular complexity index is 688. The number of nitrogens with zero attached hydrogens (tertiary/aromatic N) is 3. The van der Waals surface area contributed by atoms with Crippen molar-refractivity contribution in [2.75, 3.05) is 58.9 Å². The second-order valence-corrected chi connectivity index (χ2v) is 9.34. The highest BCUT2D eigenvalue weighted by Gasteiger charge is 2.23. The molecule has 2 aliphatic rings. The van der Waals surface area contributed by atoms with E-state index >= 15 is 0 Å². The predicted molar refractivity (Wildman–Crippen MR) is 125 cm³/mol. The molecule has 0 spiro atoms. The van der Waals surface area contributed by atoms with E-state index in [9.17, 15) is 9.59 Å². The molecule has 6 heteroatoms. The van der Waals surface area contributed by atoms with Crippen LogP contribution in [0.15, 0.2) is 24.3 Å². The molecule has 31 heavy (non-hydrogen) atoms. The van der Waals surface area contributed by atoms with Crippen LogP contribution in [0.1, 0.15) is 56.6 Å². The summed E-state index contributed by atoms with van der Waals surface area (Å²) in [6, 6.07) is 8.68. The van der Waals surface area contributed by atoms with Gasteiger partial charge in [-0.15, -0.1) is 0 Å². The van der Waals surface area contributed by atoms with E-state index in [0.717, 1.165) is 58.5 Å². The molecule has 1 N–H and O–H groups in total. The summed E-state index contributed by atoms with van der Waals surface area (Å²) in [5.41, 5.74) is 2.60. The number of nitrogens with one attached hydrogen (secondary N) is 1. The first-order chi connectivity index (χ1) is 15.0. The Kier molecular flexibility index (Phi) is 9.34. The van der Waals surface area contributed by atoms with Crippen LogP contribution >= 0.6 is 0 Å². The molecule has 0 aromatic heterocycles. The molecule has 2 saturated heterocycles. The Hall–Kier alpha value is -1.92. The minimum atomic E-state index is 0.0906. The van der Waals surface area contributed by atoms with Crippen LogP contribution in [0.2, 0.25) is 0 Å². The highest BCUT2D eigenvalue weighted by Crippen LogP contribution is 2.15. The fourth-order valence-corrected chi connectivity index (χ4v) is 4.39. The Labute approximate surface area is 188 Å². The maximum atomic E-state index is 12.6. The van der Waals surface area contributed by atoms with Crippen LogP contribution in [0.25, 0.3) is 0 Å². The fourth-order valence-electron chi connectivity index (χ4n) is 4.39. The summed E-state index contributed by atoms with van der Waals surface area (Å²) >= 11 is 0. The fraction of sp³-hybridized carbons (Fsp3) is 0.680. The first-order valence-electron chi connectivity index (χ1n) is 12.1. The molecule has 1 aromatic carbocycles. The Balaban J connectivity index is 1.30. The summed E-state index contributed by atoms with van der Waals surface area (Å²) in [6.45, 7) is 11.3. The maximum Gasteiger partial charge on any atom is 0.236 e. The number of benzene rings is 1. The van der Waals surface area contributed by atoms with E-state index < -0.39 is 0 Å². The van der Waals surface area contributed by atoms with Gasteiger partial charge in [0, 0.05) is 45.8 Å². The van der Waals surface area contributed by atoms with Crippen LogP contribution in [0.3, 0.4) is 0 Å². The second-order valence-electron chi connectivity index (χ2n) is 9.34. The standard InChI is InChI=1S/C25H40N4O2/c1-21(2)23-9-7-22(8-10-23)11-12-26-24(30)19-27-15-17-28(18-16-27)20-25(31)29-13-5-3-4-6-14-29/h7-10,21H,3-6,11-20H2,1-2H3,(H,26,30). The number of hydrogen-bond donors (Lipinski definition) is 1. The number of amides is 2. The number of likely N-dealkylation sites (tertiary alicyclic amines) is 1. The number of rotatable bonds is 8. The van der Waals surface area contributed by atoms with Gasteiger partial charge in [0.05, 0.1) is 13.1 Å². The van der Waals surface area contributed by atoms with Crippen molar-refractivity contribution in [1.82, 2.24) is 20.0 Å². The van der Waals surface area contributed by atoms with E-state index in [1.165, 1.54) is 24.0 Å². The lowest BCUT2D eigenvalue weighted by atomic mass is 10.0. The van der Waals surface area contributed by atoms with Gasteiger partial charge in [0.1, 0.15) is 0 Å². The third-order valence-electron chi connectivity index (χ3n) is 6.53. The largest absolute Gasteiger partial charge is 0.355 e. The minimum Gasteiger partial charge on any atom is -0.355 e. The van der Waals surface area contributed by atoms with Crippen molar-refractivity contribution in [1.29, 1.82) is 0 Å². The second kappa shape index (κ2) is 12.2. The van der Waals surface area contributed by atoms with Crippen LogP contribution in [0.4, 0.5) is 0 Å².